The maximum atomic E-state index is 13.1. The first kappa shape index (κ1) is 20.0. The van der Waals surface area contributed by atoms with Crippen LogP contribution in [0.15, 0.2) is 103 Å². The summed E-state index contributed by atoms with van der Waals surface area (Å²) in [6, 6.07) is 32.4. The van der Waals surface area contributed by atoms with Gasteiger partial charge in [-0.2, -0.15) is 0 Å². The zero-order valence-electron chi connectivity index (χ0n) is 17.1. The van der Waals surface area contributed by atoms with Crippen LogP contribution in [0, 0.1) is 0 Å². The van der Waals surface area contributed by atoms with Crippen LogP contribution in [-0.4, -0.2) is 13.0 Å². The lowest BCUT2D eigenvalue weighted by molar-refractivity contribution is 0.102. The normalized spacial score (nSPS) is 10.2. The van der Waals surface area contributed by atoms with Crippen LogP contribution in [0.3, 0.4) is 0 Å². The largest absolute Gasteiger partial charge is 0.495 e. The van der Waals surface area contributed by atoms with Crippen LogP contribution in [0.2, 0.25) is 0 Å². The number of methoxy groups -OCH3 is 1. The van der Waals surface area contributed by atoms with Gasteiger partial charge in [0.25, 0.3) is 5.91 Å². The van der Waals surface area contributed by atoms with E-state index in [9.17, 15) is 4.79 Å². The summed E-state index contributed by atoms with van der Waals surface area (Å²) < 4.78 is 5.42. The fourth-order valence-corrected chi connectivity index (χ4v) is 3.25. The molecule has 5 nitrogen and oxygen atoms in total. The lowest BCUT2D eigenvalue weighted by Crippen LogP contribution is -2.15. The molecule has 0 heterocycles. The molecule has 0 aliphatic heterocycles. The number of amides is 1. The van der Waals surface area contributed by atoms with Gasteiger partial charge in [0, 0.05) is 5.69 Å². The molecule has 3 N–H and O–H groups in total. The molecule has 0 saturated heterocycles. The second-order valence-electron chi connectivity index (χ2n) is 6.86. The summed E-state index contributed by atoms with van der Waals surface area (Å²) >= 11 is 0. The van der Waals surface area contributed by atoms with Crippen molar-refractivity contribution in [1.82, 2.24) is 0 Å². The van der Waals surface area contributed by atoms with E-state index in [1.807, 2.05) is 97.1 Å². The van der Waals surface area contributed by atoms with Crippen molar-refractivity contribution in [3.63, 3.8) is 0 Å². The van der Waals surface area contributed by atoms with Gasteiger partial charge in [0.15, 0.2) is 0 Å². The van der Waals surface area contributed by atoms with Crippen molar-refractivity contribution in [2.75, 3.05) is 23.1 Å². The Kier molecular flexibility index (Phi) is 6.14. The van der Waals surface area contributed by atoms with Crippen molar-refractivity contribution >= 4 is 34.3 Å². The molecule has 0 aliphatic carbocycles. The van der Waals surface area contributed by atoms with E-state index >= 15 is 0 Å². The van der Waals surface area contributed by atoms with Crippen LogP contribution in [0.4, 0.5) is 28.4 Å². The molecule has 0 bridgehead atoms. The number of hydrogen-bond donors (Lipinski definition) is 3. The summed E-state index contributed by atoms with van der Waals surface area (Å²) in [4.78, 5) is 13.1. The number of ether oxygens (including phenoxy) is 1. The molecule has 31 heavy (non-hydrogen) atoms. The lowest BCUT2D eigenvalue weighted by atomic mass is 10.1. The molecular weight excluding hydrogens is 386 g/mol. The minimum atomic E-state index is -0.201. The number of rotatable bonds is 7. The average molecular weight is 409 g/mol. The first-order valence-corrected chi connectivity index (χ1v) is 9.96. The maximum absolute atomic E-state index is 13.1. The second-order valence-corrected chi connectivity index (χ2v) is 6.86. The number of carbonyl (C=O) groups excluding carboxylic acids is 1. The number of carbonyl (C=O) groups is 1. The van der Waals surface area contributed by atoms with E-state index in [0.717, 1.165) is 28.5 Å². The van der Waals surface area contributed by atoms with Crippen LogP contribution in [0.25, 0.3) is 0 Å². The van der Waals surface area contributed by atoms with E-state index in [2.05, 4.69) is 16.0 Å². The first-order chi connectivity index (χ1) is 15.2. The molecular formula is C26H23N3O2. The van der Waals surface area contributed by atoms with E-state index in [-0.39, 0.29) is 5.91 Å². The SMILES string of the molecule is COc1ccccc1Nc1ccccc1NC(=O)c1ccccc1Nc1ccccc1. The van der Waals surface area contributed by atoms with Crippen LogP contribution in [0.5, 0.6) is 5.75 Å². The Labute approximate surface area is 181 Å². The third-order valence-corrected chi connectivity index (χ3v) is 4.78. The van der Waals surface area contributed by atoms with Crippen molar-refractivity contribution < 1.29 is 9.53 Å². The summed E-state index contributed by atoms with van der Waals surface area (Å²) in [5, 5.41) is 9.69. The second kappa shape index (κ2) is 9.50. The molecule has 154 valence electrons. The fourth-order valence-electron chi connectivity index (χ4n) is 3.25. The van der Waals surface area contributed by atoms with E-state index in [0.29, 0.717) is 11.3 Å². The van der Waals surface area contributed by atoms with E-state index < -0.39 is 0 Å². The number of para-hydroxylation sites is 6. The molecule has 1 amide bonds. The molecule has 4 rings (SSSR count). The smallest absolute Gasteiger partial charge is 0.257 e. The molecule has 0 saturated carbocycles. The van der Waals surface area contributed by atoms with Gasteiger partial charge in [-0.05, 0) is 48.5 Å². The summed E-state index contributed by atoms with van der Waals surface area (Å²) in [7, 11) is 1.63. The van der Waals surface area contributed by atoms with Gasteiger partial charge in [-0.15, -0.1) is 0 Å². The van der Waals surface area contributed by atoms with Gasteiger partial charge >= 0.3 is 0 Å². The molecule has 5 heteroatoms. The van der Waals surface area contributed by atoms with E-state index in [1.54, 1.807) is 13.2 Å². The highest BCUT2D eigenvalue weighted by molar-refractivity contribution is 6.09. The van der Waals surface area contributed by atoms with Crippen molar-refractivity contribution in [2.45, 2.75) is 0 Å². The zero-order chi connectivity index (χ0) is 21.5. The van der Waals surface area contributed by atoms with Gasteiger partial charge in [0.1, 0.15) is 5.75 Å². The Bertz CT molecular complexity index is 1180. The molecule has 0 radical (unpaired) electrons. The van der Waals surface area contributed by atoms with E-state index in [4.69, 9.17) is 4.74 Å². The van der Waals surface area contributed by atoms with Gasteiger partial charge in [-0.1, -0.05) is 54.6 Å². The number of anilines is 5. The molecule has 0 spiro atoms. The van der Waals surface area contributed by atoms with Crippen LogP contribution in [-0.2, 0) is 0 Å². The summed E-state index contributed by atoms with van der Waals surface area (Å²) in [5.41, 5.74) is 4.47. The highest BCUT2D eigenvalue weighted by Crippen LogP contribution is 2.31. The summed E-state index contributed by atoms with van der Waals surface area (Å²) in [6.07, 6.45) is 0. The molecule has 0 aromatic heterocycles. The molecule has 4 aromatic carbocycles. The van der Waals surface area contributed by atoms with Gasteiger partial charge < -0.3 is 20.7 Å². The topological polar surface area (TPSA) is 62.4 Å². The van der Waals surface area contributed by atoms with Crippen molar-refractivity contribution in [1.29, 1.82) is 0 Å². The molecule has 0 fully saturated rings. The minimum absolute atomic E-state index is 0.201. The standard InChI is InChI=1S/C26H23N3O2/c1-31-25-18-10-9-17-24(25)28-22-15-7-8-16-23(22)29-26(30)20-13-5-6-14-21(20)27-19-11-3-2-4-12-19/h2-18,27-28H,1H3,(H,29,30). The Balaban J connectivity index is 1.58. The Morgan fingerprint density at radius 2 is 1.19 bits per heavy atom. The Morgan fingerprint density at radius 3 is 1.94 bits per heavy atom. The lowest BCUT2D eigenvalue weighted by Gasteiger charge is -2.16. The molecule has 0 unspecified atom stereocenters. The zero-order valence-corrected chi connectivity index (χ0v) is 17.1. The fraction of sp³-hybridized carbons (Fsp3) is 0.0385. The number of nitrogens with one attached hydrogen (secondary N) is 3. The van der Waals surface area contributed by atoms with Gasteiger partial charge in [-0.3, -0.25) is 4.79 Å². The van der Waals surface area contributed by atoms with Crippen molar-refractivity contribution in [2.24, 2.45) is 0 Å². The number of hydrogen-bond acceptors (Lipinski definition) is 4. The molecule has 0 aliphatic rings. The average Bonchev–Trinajstić information content (AvgIpc) is 2.81. The quantitative estimate of drug-likeness (QED) is 0.329. The summed E-state index contributed by atoms with van der Waals surface area (Å²) in [6.45, 7) is 0. The monoisotopic (exact) mass is 409 g/mol. The third kappa shape index (κ3) is 4.85. The van der Waals surface area contributed by atoms with Gasteiger partial charge in [-0.25, -0.2) is 0 Å². The summed E-state index contributed by atoms with van der Waals surface area (Å²) in [5.74, 6) is 0.523. The van der Waals surface area contributed by atoms with Gasteiger partial charge in [0.2, 0.25) is 0 Å². The van der Waals surface area contributed by atoms with Crippen LogP contribution >= 0.6 is 0 Å². The number of benzene rings is 4. The van der Waals surface area contributed by atoms with Gasteiger partial charge in [0.05, 0.1) is 35.4 Å². The predicted molar refractivity (Wildman–Crippen MR) is 127 cm³/mol. The molecule has 4 aromatic rings. The predicted octanol–water partition coefficient (Wildman–Crippen LogP) is 6.43. The molecule has 0 atom stereocenters. The Morgan fingerprint density at radius 1 is 0.613 bits per heavy atom. The maximum Gasteiger partial charge on any atom is 0.257 e. The first-order valence-electron chi connectivity index (χ1n) is 9.96. The minimum Gasteiger partial charge on any atom is -0.495 e. The van der Waals surface area contributed by atoms with E-state index in [1.165, 1.54) is 0 Å². The van der Waals surface area contributed by atoms with Crippen LogP contribution in [0.1, 0.15) is 10.4 Å². The van der Waals surface area contributed by atoms with Crippen molar-refractivity contribution in [3.8, 4) is 5.75 Å². The van der Waals surface area contributed by atoms with Crippen LogP contribution < -0.4 is 20.7 Å². The highest BCUT2D eigenvalue weighted by atomic mass is 16.5. The third-order valence-electron chi connectivity index (χ3n) is 4.78. The Hall–Kier alpha value is -4.25. The highest BCUT2D eigenvalue weighted by Gasteiger charge is 2.14. The van der Waals surface area contributed by atoms with Crippen molar-refractivity contribution in [3.05, 3.63) is 109 Å².